The van der Waals surface area contributed by atoms with Crippen LogP contribution in [0.2, 0.25) is 0 Å². The van der Waals surface area contributed by atoms with E-state index in [0.717, 1.165) is 18.5 Å². The number of anilines is 2. The van der Waals surface area contributed by atoms with E-state index in [9.17, 15) is 9.59 Å². The van der Waals surface area contributed by atoms with E-state index < -0.39 is 6.10 Å². The van der Waals surface area contributed by atoms with Crippen LogP contribution in [0.4, 0.5) is 10.8 Å². The number of thiazole rings is 1. The van der Waals surface area contributed by atoms with Crippen molar-refractivity contribution in [2.24, 2.45) is 0 Å². The number of nitrogens with one attached hydrogen (secondary N) is 2. The van der Waals surface area contributed by atoms with Crippen molar-refractivity contribution in [3.63, 3.8) is 0 Å². The third-order valence-corrected chi connectivity index (χ3v) is 4.78. The smallest absolute Gasteiger partial charge is 0.253 e. The van der Waals surface area contributed by atoms with Crippen LogP contribution in [0.15, 0.2) is 23.6 Å². The number of ether oxygens (including phenoxy) is 1. The van der Waals surface area contributed by atoms with Gasteiger partial charge in [0.15, 0.2) is 5.13 Å². The fraction of sp³-hybridized carbons (Fsp3) is 0.353. The predicted molar refractivity (Wildman–Crippen MR) is 96.5 cm³/mol. The highest BCUT2D eigenvalue weighted by atomic mass is 32.1. The van der Waals surface area contributed by atoms with Gasteiger partial charge in [-0.1, -0.05) is 6.07 Å². The third kappa shape index (κ3) is 4.15. The molecule has 4 N–H and O–H groups in total. The number of carbonyl (C=O) groups is 2. The lowest BCUT2D eigenvalue weighted by Gasteiger charge is -2.14. The molecule has 25 heavy (non-hydrogen) atoms. The van der Waals surface area contributed by atoms with E-state index in [1.54, 1.807) is 30.5 Å². The lowest BCUT2D eigenvalue weighted by Crippen LogP contribution is -2.28. The van der Waals surface area contributed by atoms with E-state index in [-0.39, 0.29) is 11.8 Å². The number of amides is 2. The molecule has 7 nitrogen and oxygen atoms in total. The van der Waals surface area contributed by atoms with Gasteiger partial charge in [0.25, 0.3) is 11.8 Å². The first-order valence-corrected chi connectivity index (χ1v) is 8.92. The number of nitrogen functional groups attached to an aromatic ring is 1. The minimum Gasteiger partial charge on any atom is -0.375 e. The number of aromatic nitrogens is 1. The van der Waals surface area contributed by atoms with Gasteiger partial charge in [-0.15, -0.1) is 11.3 Å². The van der Waals surface area contributed by atoms with Crippen LogP contribution < -0.4 is 16.4 Å². The summed E-state index contributed by atoms with van der Waals surface area (Å²) < 4.78 is 5.39. The first kappa shape index (κ1) is 17.4. The first-order chi connectivity index (χ1) is 12.0. The molecule has 0 bridgehead atoms. The zero-order chi connectivity index (χ0) is 17.8. The lowest BCUT2D eigenvalue weighted by molar-refractivity contribution is -0.124. The molecule has 1 unspecified atom stereocenters. The minimum absolute atomic E-state index is 0.170. The summed E-state index contributed by atoms with van der Waals surface area (Å²) in [7, 11) is 0. The highest BCUT2D eigenvalue weighted by molar-refractivity contribution is 7.13. The summed E-state index contributed by atoms with van der Waals surface area (Å²) in [6, 6.07) is 5.25. The Labute approximate surface area is 149 Å². The average Bonchev–Trinajstić information content (AvgIpc) is 3.26. The second-order valence-corrected chi connectivity index (χ2v) is 6.72. The Balaban J connectivity index is 1.67. The van der Waals surface area contributed by atoms with Gasteiger partial charge in [-0.05, 0) is 37.5 Å². The molecule has 132 valence electrons. The molecule has 1 aliphatic heterocycles. The van der Waals surface area contributed by atoms with Crippen LogP contribution in [0.3, 0.4) is 0 Å². The van der Waals surface area contributed by atoms with Gasteiger partial charge in [0.2, 0.25) is 0 Å². The van der Waals surface area contributed by atoms with E-state index in [4.69, 9.17) is 10.5 Å². The maximum absolute atomic E-state index is 12.4. The Morgan fingerprint density at radius 1 is 1.44 bits per heavy atom. The van der Waals surface area contributed by atoms with E-state index in [1.165, 1.54) is 11.3 Å². The molecule has 1 saturated heterocycles. The Hall–Kier alpha value is -2.45. The largest absolute Gasteiger partial charge is 0.375 e. The number of benzene rings is 1. The minimum atomic E-state index is -0.410. The molecule has 2 amide bonds. The molecule has 0 spiro atoms. The monoisotopic (exact) mass is 360 g/mol. The molecule has 1 aromatic carbocycles. The molecule has 3 rings (SSSR count). The van der Waals surface area contributed by atoms with Gasteiger partial charge in [-0.3, -0.25) is 9.59 Å². The van der Waals surface area contributed by atoms with Crippen LogP contribution >= 0.6 is 11.3 Å². The fourth-order valence-corrected chi connectivity index (χ4v) is 3.25. The fourth-order valence-electron chi connectivity index (χ4n) is 2.68. The summed E-state index contributed by atoms with van der Waals surface area (Å²) in [5, 5.41) is 7.95. The molecule has 1 atom stereocenters. The summed E-state index contributed by atoms with van der Waals surface area (Å²) in [6.45, 7) is 2.72. The van der Waals surface area contributed by atoms with Crippen molar-refractivity contribution in [2.45, 2.75) is 32.4 Å². The molecule has 1 aliphatic rings. The number of nitrogens with two attached hydrogens (primary N) is 1. The number of hydrogen-bond acceptors (Lipinski definition) is 6. The molecule has 0 aliphatic carbocycles. The molecule has 1 fully saturated rings. The lowest BCUT2D eigenvalue weighted by atomic mass is 10.1. The van der Waals surface area contributed by atoms with Crippen LogP contribution in [-0.2, 0) is 16.1 Å². The van der Waals surface area contributed by atoms with Gasteiger partial charge < -0.3 is 21.1 Å². The van der Waals surface area contributed by atoms with Crippen LogP contribution in [0, 0.1) is 6.92 Å². The standard InChI is InChI=1S/C17H20N4O3S/c1-10-12(15(22)19-8-11-9-25-17(18)20-11)4-2-5-13(10)21-16(23)14-6-3-7-24-14/h2,4-5,9,14H,3,6-8H2,1H3,(H2,18,20)(H,19,22)(H,21,23). The van der Waals surface area contributed by atoms with Crippen LogP contribution in [0.1, 0.15) is 34.5 Å². The Morgan fingerprint density at radius 2 is 2.28 bits per heavy atom. The van der Waals surface area contributed by atoms with E-state index in [0.29, 0.717) is 35.1 Å². The quantitative estimate of drug-likeness (QED) is 0.757. The van der Waals surface area contributed by atoms with E-state index in [2.05, 4.69) is 15.6 Å². The number of rotatable bonds is 5. The summed E-state index contributed by atoms with van der Waals surface area (Å²) in [6.07, 6.45) is 1.20. The summed E-state index contributed by atoms with van der Waals surface area (Å²) in [4.78, 5) is 28.8. The maximum atomic E-state index is 12.4. The Morgan fingerprint density at radius 3 is 2.96 bits per heavy atom. The van der Waals surface area contributed by atoms with Gasteiger partial charge in [-0.25, -0.2) is 4.98 Å². The normalized spacial score (nSPS) is 16.6. The van der Waals surface area contributed by atoms with Gasteiger partial charge in [0.05, 0.1) is 12.2 Å². The van der Waals surface area contributed by atoms with Crippen LogP contribution in [0.5, 0.6) is 0 Å². The van der Waals surface area contributed by atoms with Crippen molar-refractivity contribution in [3.05, 3.63) is 40.4 Å². The number of hydrogen-bond donors (Lipinski definition) is 3. The van der Waals surface area contributed by atoms with E-state index in [1.807, 2.05) is 0 Å². The summed E-state index contributed by atoms with van der Waals surface area (Å²) in [5.41, 5.74) is 8.14. The molecule has 1 aromatic heterocycles. The summed E-state index contributed by atoms with van der Waals surface area (Å²) in [5.74, 6) is -0.395. The highest BCUT2D eigenvalue weighted by Crippen LogP contribution is 2.21. The average molecular weight is 360 g/mol. The highest BCUT2D eigenvalue weighted by Gasteiger charge is 2.24. The van der Waals surface area contributed by atoms with Crippen LogP contribution in [-0.4, -0.2) is 29.5 Å². The molecule has 0 saturated carbocycles. The van der Waals surface area contributed by atoms with Crippen molar-refractivity contribution in [1.29, 1.82) is 0 Å². The zero-order valence-electron chi connectivity index (χ0n) is 13.9. The van der Waals surface area contributed by atoms with Gasteiger partial charge >= 0.3 is 0 Å². The van der Waals surface area contributed by atoms with Gasteiger partial charge in [0, 0.05) is 23.2 Å². The molecular formula is C17H20N4O3S. The molecule has 8 heteroatoms. The SMILES string of the molecule is Cc1c(NC(=O)C2CCCO2)cccc1C(=O)NCc1csc(N)n1. The Bertz CT molecular complexity index is 784. The second-order valence-electron chi connectivity index (χ2n) is 5.83. The molecule has 2 heterocycles. The summed E-state index contributed by atoms with van der Waals surface area (Å²) >= 11 is 1.33. The zero-order valence-corrected chi connectivity index (χ0v) is 14.7. The van der Waals surface area contributed by atoms with Crippen molar-refractivity contribution in [3.8, 4) is 0 Å². The molecular weight excluding hydrogens is 340 g/mol. The molecule has 2 aromatic rings. The number of carbonyl (C=O) groups excluding carboxylic acids is 2. The van der Waals surface area contributed by atoms with E-state index >= 15 is 0 Å². The second kappa shape index (κ2) is 7.62. The van der Waals surface area contributed by atoms with Crippen molar-refractivity contribution in [2.75, 3.05) is 17.7 Å². The number of nitrogens with zero attached hydrogens (tertiary/aromatic N) is 1. The van der Waals surface area contributed by atoms with Crippen LogP contribution in [0.25, 0.3) is 0 Å². The van der Waals surface area contributed by atoms with Crippen molar-refractivity contribution < 1.29 is 14.3 Å². The topological polar surface area (TPSA) is 106 Å². The molecule has 0 radical (unpaired) electrons. The Kier molecular flexibility index (Phi) is 5.30. The van der Waals surface area contributed by atoms with Crippen molar-refractivity contribution >= 4 is 34.0 Å². The van der Waals surface area contributed by atoms with Gasteiger partial charge in [-0.2, -0.15) is 0 Å². The van der Waals surface area contributed by atoms with Crippen molar-refractivity contribution in [1.82, 2.24) is 10.3 Å². The first-order valence-electron chi connectivity index (χ1n) is 8.05. The predicted octanol–water partition coefficient (Wildman–Crippen LogP) is 2.08. The third-order valence-electron chi connectivity index (χ3n) is 4.06. The maximum Gasteiger partial charge on any atom is 0.253 e. The van der Waals surface area contributed by atoms with Gasteiger partial charge in [0.1, 0.15) is 6.10 Å².